The fraction of sp³-hybridized carbons (Fsp3) is 0.727. The first-order chi connectivity index (χ1) is 27.8. The lowest BCUT2D eigenvalue weighted by molar-refractivity contribution is -0.295. The molecular weight excluding hydrogens is 759 g/mol. The van der Waals surface area contributed by atoms with Crippen molar-refractivity contribution < 1.29 is 47.9 Å². The maximum atomic E-state index is 14.4. The SMILES string of the molecule is CC[C@H]1OC(=O)[C@H](C)C(=O)[C@H](C)[C@@H](O[C@@H]2O[C@H](C)C[C@H](N(C)C)[C@H]2O)[C@@](C)(OC)C[C@@H](C)C(N)[C@H](C)[C@H]2N(NCCCc3ccnc4cc(OC)ccc34)C(=O)O[C@]12C. The number of nitrogens with one attached hydrogen (secondary N) is 1. The highest BCUT2D eigenvalue weighted by Crippen LogP contribution is 2.43. The highest BCUT2D eigenvalue weighted by Gasteiger charge is 2.60. The van der Waals surface area contributed by atoms with Gasteiger partial charge in [0.15, 0.2) is 17.7 Å². The highest BCUT2D eigenvalue weighted by molar-refractivity contribution is 6.00. The Bertz CT molecular complexity index is 1780. The maximum absolute atomic E-state index is 14.4. The number of esters is 1. The molecule has 0 spiro atoms. The number of aromatic nitrogens is 1. The molecule has 1 amide bonds. The van der Waals surface area contributed by atoms with Crippen molar-refractivity contribution in [1.29, 1.82) is 0 Å². The van der Waals surface area contributed by atoms with E-state index < -0.39 is 83.5 Å². The number of ether oxygens (including phenoxy) is 6. The minimum absolute atomic E-state index is 0.232. The van der Waals surface area contributed by atoms with Crippen molar-refractivity contribution in [3.8, 4) is 5.75 Å². The zero-order valence-corrected chi connectivity index (χ0v) is 37.1. The lowest BCUT2D eigenvalue weighted by Crippen LogP contribution is -2.63. The molecule has 330 valence electrons. The number of hydrogen-bond donors (Lipinski definition) is 3. The number of amides is 1. The number of nitrogens with zero attached hydrogens (tertiary/aromatic N) is 3. The lowest BCUT2D eigenvalue weighted by atomic mass is 9.72. The van der Waals surface area contributed by atoms with Gasteiger partial charge in [-0.3, -0.25) is 14.6 Å². The average Bonchev–Trinajstić information content (AvgIpc) is 3.47. The van der Waals surface area contributed by atoms with Crippen LogP contribution in [0.3, 0.4) is 0 Å². The van der Waals surface area contributed by atoms with E-state index in [9.17, 15) is 19.5 Å². The molecule has 1 aromatic heterocycles. The van der Waals surface area contributed by atoms with Gasteiger partial charge in [0.05, 0.1) is 36.5 Å². The van der Waals surface area contributed by atoms with Crippen LogP contribution in [0.4, 0.5) is 4.79 Å². The van der Waals surface area contributed by atoms with Crippen molar-refractivity contribution in [3.63, 3.8) is 0 Å². The third kappa shape index (κ3) is 9.56. The molecule has 14 atom stereocenters. The molecule has 3 aliphatic heterocycles. The molecule has 15 heteroatoms. The summed E-state index contributed by atoms with van der Waals surface area (Å²) in [6.07, 6.45) is -0.376. The number of ketones is 1. The molecule has 1 aromatic carbocycles. The van der Waals surface area contributed by atoms with Gasteiger partial charge in [0.2, 0.25) is 0 Å². The molecule has 0 bridgehead atoms. The molecule has 1 unspecified atom stereocenters. The quantitative estimate of drug-likeness (QED) is 0.162. The second kappa shape index (κ2) is 19.1. The number of hydrogen-bond acceptors (Lipinski definition) is 14. The van der Waals surface area contributed by atoms with Gasteiger partial charge in [-0.15, -0.1) is 0 Å². The smallest absolute Gasteiger partial charge is 0.425 e. The summed E-state index contributed by atoms with van der Waals surface area (Å²) in [5.74, 6) is -3.17. The van der Waals surface area contributed by atoms with Gasteiger partial charge in [-0.2, -0.15) is 0 Å². The Morgan fingerprint density at radius 3 is 2.44 bits per heavy atom. The number of Topliss-reactive ketones (excluding diaryl/α,β-unsaturated/α-hetero) is 1. The molecule has 0 saturated carbocycles. The minimum atomic E-state index is -1.32. The number of nitrogens with two attached hydrogens (primary N) is 1. The number of aryl methyl sites for hydroxylation is 1. The molecule has 3 aliphatic rings. The number of carbonyl (C=O) groups is 3. The van der Waals surface area contributed by atoms with Gasteiger partial charge in [-0.25, -0.2) is 15.2 Å². The highest BCUT2D eigenvalue weighted by atomic mass is 16.7. The number of hydrazine groups is 1. The number of cyclic esters (lactones) is 1. The summed E-state index contributed by atoms with van der Waals surface area (Å²) in [6, 6.07) is 6.36. The van der Waals surface area contributed by atoms with Crippen molar-refractivity contribution in [2.24, 2.45) is 29.4 Å². The molecule has 4 heterocycles. The molecule has 2 aromatic rings. The summed E-state index contributed by atoms with van der Waals surface area (Å²) in [6.45, 7) is 15.1. The summed E-state index contributed by atoms with van der Waals surface area (Å²) in [7, 11) is 6.97. The standard InChI is InChI=1S/C44H69N5O10/c1-13-34-44(8)38(49(42(53)59-44)47-19-14-15-29-18-20-46-32-22-30(54-11)16-17-31(29)32)26(4)35(45)24(2)23-43(7,55-12)39(27(5)36(50)28(6)40(52)57-34)58-41-37(51)33(48(9)10)21-25(3)56-41/h16-18,20,22,24-28,33-35,37-39,41,47,51H,13-15,19,21,23,45H2,1-12H3/t24-,25-,26+,27+,28-,33+,34-,35?,37-,38-,39-,41+,43+,44-/m1/s1. The van der Waals surface area contributed by atoms with E-state index in [0.29, 0.717) is 38.6 Å². The first-order valence-electron chi connectivity index (χ1n) is 21.2. The van der Waals surface area contributed by atoms with Gasteiger partial charge >= 0.3 is 12.1 Å². The Labute approximate surface area is 349 Å². The van der Waals surface area contributed by atoms with Crippen LogP contribution in [0.25, 0.3) is 10.9 Å². The number of fused-ring (bicyclic) bond motifs is 2. The number of benzene rings is 1. The van der Waals surface area contributed by atoms with Gasteiger partial charge in [0.1, 0.15) is 23.9 Å². The molecule has 15 nitrogen and oxygen atoms in total. The Kier molecular flexibility index (Phi) is 15.1. The van der Waals surface area contributed by atoms with Gasteiger partial charge < -0.3 is 44.2 Å². The van der Waals surface area contributed by atoms with Crippen LogP contribution in [-0.2, 0) is 39.7 Å². The lowest BCUT2D eigenvalue weighted by Gasteiger charge is -2.48. The Morgan fingerprint density at radius 2 is 1.80 bits per heavy atom. The van der Waals surface area contributed by atoms with E-state index >= 15 is 0 Å². The van der Waals surface area contributed by atoms with E-state index in [0.717, 1.165) is 22.2 Å². The summed E-state index contributed by atoms with van der Waals surface area (Å²) in [5.41, 5.74) is 10.1. The molecule has 4 N–H and O–H groups in total. The Balaban J connectivity index is 1.45. The van der Waals surface area contributed by atoms with Crippen molar-refractivity contribution in [2.75, 3.05) is 34.9 Å². The zero-order chi connectivity index (χ0) is 43.6. The first kappa shape index (κ1) is 46.6. The summed E-state index contributed by atoms with van der Waals surface area (Å²) >= 11 is 0. The second-order valence-electron chi connectivity index (χ2n) is 17.7. The monoisotopic (exact) mass is 828 g/mol. The zero-order valence-electron chi connectivity index (χ0n) is 37.1. The number of aliphatic hydroxyl groups is 1. The topological polar surface area (TPSA) is 184 Å². The number of pyridine rings is 1. The number of likely N-dealkylation sites (N-methyl/N-ethyl adjacent to an activating group) is 1. The van der Waals surface area contributed by atoms with Crippen LogP contribution in [-0.4, -0.2) is 133 Å². The largest absolute Gasteiger partial charge is 0.497 e. The molecule has 59 heavy (non-hydrogen) atoms. The fourth-order valence-electron chi connectivity index (χ4n) is 9.77. The fourth-order valence-corrected chi connectivity index (χ4v) is 9.77. The Morgan fingerprint density at radius 1 is 1.08 bits per heavy atom. The molecular formula is C44H69N5O10. The van der Waals surface area contributed by atoms with E-state index in [1.165, 1.54) is 11.9 Å². The van der Waals surface area contributed by atoms with Gasteiger partial charge in [0, 0.05) is 49.3 Å². The first-order valence-corrected chi connectivity index (χ1v) is 21.2. The van der Waals surface area contributed by atoms with Crippen molar-refractivity contribution >= 4 is 28.7 Å². The average molecular weight is 828 g/mol. The van der Waals surface area contributed by atoms with Crippen molar-refractivity contribution in [3.05, 3.63) is 36.0 Å². The summed E-state index contributed by atoms with van der Waals surface area (Å²) in [5, 5.41) is 14.0. The number of methoxy groups -OCH3 is 2. The normalized spacial score (nSPS) is 37.5. The predicted molar refractivity (Wildman–Crippen MR) is 222 cm³/mol. The van der Waals surface area contributed by atoms with Crippen molar-refractivity contribution in [1.82, 2.24) is 20.3 Å². The van der Waals surface area contributed by atoms with Crippen LogP contribution in [0.5, 0.6) is 5.75 Å². The van der Waals surface area contributed by atoms with E-state index in [4.69, 9.17) is 34.2 Å². The van der Waals surface area contributed by atoms with E-state index in [-0.39, 0.29) is 18.1 Å². The molecule has 0 aliphatic carbocycles. The molecule has 5 rings (SSSR count). The van der Waals surface area contributed by atoms with Crippen LogP contribution in [0.1, 0.15) is 86.6 Å². The Hall–Kier alpha value is -3.44. The molecule has 3 saturated heterocycles. The third-order valence-electron chi connectivity index (χ3n) is 13.4. The van der Waals surface area contributed by atoms with Crippen LogP contribution in [0.15, 0.2) is 30.5 Å². The molecule has 3 fully saturated rings. The number of carbonyl (C=O) groups excluding carboxylic acids is 3. The van der Waals surface area contributed by atoms with Crippen LogP contribution in [0.2, 0.25) is 0 Å². The summed E-state index contributed by atoms with van der Waals surface area (Å²) in [4.78, 5) is 48.8. The van der Waals surface area contributed by atoms with Crippen LogP contribution >= 0.6 is 0 Å². The van der Waals surface area contributed by atoms with Gasteiger partial charge in [-0.05, 0) is 109 Å². The maximum Gasteiger partial charge on any atom is 0.425 e. The van der Waals surface area contributed by atoms with E-state index in [2.05, 4.69) is 10.4 Å². The van der Waals surface area contributed by atoms with Crippen LogP contribution < -0.4 is 15.9 Å². The van der Waals surface area contributed by atoms with Crippen molar-refractivity contribution in [2.45, 2.75) is 148 Å². The molecule has 0 radical (unpaired) electrons. The summed E-state index contributed by atoms with van der Waals surface area (Å²) < 4.78 is 36.9. The van der Waals surface area contributed by atoms with Gasteiger partial charge in [-0.1, -0.05) is 27.7 Å². The van der Waals surface area contributed by atoms with Gasteiger partial charge in [0.25, 0.3) is 0 Å². The van der Waals surface area contributed by atoms with E-state index in [1.54, 1.807) is 34.3 Å². The second-order valence-corrected chi connectivity index (χ2v) is 17.7. The third-order valence-corrected chi connectivity index (χ3v) is 13.4. The predicted octanol–water partition coefficient (Wildman–Crippen LogP) is 4.64. The minimum Gasteiger partial charge on any atom is -0.497 e. The van der Waals surface area contributed by atoms with E-state index in [1.807, 2.05) is 77.9 Å². The number of rotatable bonds is 11. The van der Waals surface area contributed by atoms with Crippen LogP contribution in [0, 0.1) is 23.7 Å². The number of aliphatic hydroxyl groups excluding tert-OH is 1.